The summed E-state index contributed by atoms with van der Waals surface area (Å²) in [5.74, 6) is 0.265. The Balaban J connectivity index is 1.82. The molecule has 2 heterocycles. The molecule has 0 bridgehead atoms. The molecule has 0 atom stereocenters. The molecule has 1 N–H and O–H groups in total. The number of aromatic hydroxyl groups is 1. The van der Waals surface area contributed by atoms with E-state index in [2.05, 4.69) is 17.1 Å². The molecule has 0 saturated carbocycles. The number of fused-ring (bicyclic) bond motifs is 1. The first-order valence-corrected chi connectivity index (χ1v) is 7.02. The SMILES string of the molecule is Oc1ccc(-c2ccc3c(-c4cccnc4)coc3c2)cc1. The van der Waals surface area contributed by atoms with Crippen LogP contribution in [-0.2, 0) is 0 Å². The number of furan rings is 1. The summed E-state index contributed by atoms with van der Waals surface area (Å²) in [5.41, 5.74) is 5.02. The first kappa shape index (κ1) is 12.7. The van der Waals surface area contributed by atoms with Crippen molar-refractivity contribution in [2.75, 3.05) is 0 Å². The number of hydrogen-bond acceptors (Lipinski definition) is 3. The van der Waals surface area contributed by atoms with Crippen LogP contribution in [0.3, 0.4) is 0 Å². The Hall–Kier alpha value is -3.07. The largest absolute Gasteiger partial charge is 0.508 e. The highest BCUT2D eigenvalue weighted by Gasteiger charge is 2.09. The van der Waals surface area contributed by atoms with Gasteiger partial charge in [-0.15, -0.1) is 0 Å². The van der Waals surface area contributed by atoms with Crippen molar-refractivity contribution in [3.63, 3.8) is 0 Å². The normalized spacial score (nSPS) is 10.9. The fourth-order valence-corrected chi connectivity index (χ4v) is 2.61. The number of aromatic nitrogens is 1. The zero-order valence-electron chi connectivity index (χ0n) is 11.7. The lowest BCUT2D eigenvalue weighted by atomic mass is 10.0. The molecule has 0 saturated heterocycles. The van der Waals surface area contributed by atoms with Gasteiger partial charge in [-0.2, -0.15) is 0 Å². The highest BCUT2D eigenvalue weighted by molar-refractivity contribution is 5.95. The maximum absolute atomic E-state index is 9.38. The number of benzene rings is 2. The van der Waals surface area contributed by atoms with Gasteiger partial charge < -0.3 is 9.52 Å². The quantitative estimate of drug-likeness (QED) is 0.572. The van der Waals surface area contributed by atoms with Crippen LogP contribution in [-0.4, -0.2) is 10.1 Å². The molecule has 2 aromatic carbocycles. The summed E-state index contributed by atoms with van der Waals surface area (Å²) in [4.78, 5) is 4.16. The van der Waals surface area contributed by atoms with Gasteiger partial charge in [0.2, 0.25) is 0 Å². The molecule has 22 heavy (non-hydrogen) atoms. The first-order valence-electron chi connectivity index (χ1n) is 7.02. The van der Waals surface area contributed by atoms with E-state index in [-0.39, 0.29) is 5.75 Å². The second-order valence-corrected chi connectivity index (χ2v) is 5.15. The molecule has 3 nitrogen and oxygen atoms in total. The van der Waals surface area contributed by atoms with E-state index < -0.39 is 0 Å². The van der Waals surface area contributed by atoms with Gasteiger partial charge in [-0.25, -0.2) is 0 Å². The Bertz CT molecular complexity index is 925. The standard InChI is InChI=1S/C19H13NO2/c21-16-6-3-13(4-7-16)14-5-8-17-18(12-22-19(17)10-14)15-2-1-9-20-11-15/h1-12,21H. The fraction of sp³-hybridized carbons (Fsp3) is 0. The van der Waals surface area contributed by atoms with E-state index in [1.165, 1.54) is 0 Å². The lowest BCUT2D eigenvalue weighted by Gasteiger charge is -2.02. The highest BCUT2D eigenvalue weighted by atomic mass is 16.3. The third-order valence-corrected chi connectivity index (χ3v) is 3.75. The molecular weight excluding hydrogens is 274 g/mol. The van der Waals surface area contributed by atoms with E-state index in [4.69, 9.17) is 4.42 Å². The van der Waals surface area contributed by atoms with Gasteiger partial charge >= 0.3 is 0 Å². The molecule has 0 fully saturated rings. The topological polar surface area (TPSA) is 46.3 Å². The lowest BCUT2D eigenvalue weighted by molar-refractivity contribution is 0.475. The Morgan fingerprint density at radius 1 is 0.864 bits per heavy atom. The van der Waals surface area contributed by atoms with Crippen LogP contribution < -0.4 is 0 Å². The molecule has 0 spiro atoms. The minimum Gasteiger partial charge on any atom is -0.508 e. The van der Waals surface area contributed by atoms with Crippen LogP contribution in [0.5, 0.6) is 5.75 Å². The van der Waals surface area contributed by atoms with Gasteiger partial charge in [0.25, 0.3) is 0 Å². The molecule has 0 aliphatic carbocycles. The van der Waals surface area contributed by atoms with Gasteiger partial charge in [0, 0.05) is 28.9 Å². The summed E-state index contributed by atoms with van der Waals surface area (Å²) in [5, 5.41) is 10.4. The number of nitrogens with zero attached hydrogens (tertiary/aromatic N) is 1. The average Bonchev–Trinajstić information content (AvgIpc) is 2.99. The van der Waals surface area contributed by atoms with Crippen LogP contribution in [0.4, 0.5) is 0 Å². The minimum absolute atomic E-state index is 0.265. The van der Waals surface area contributed by atoms with Gasteiger partial charge in [-0.3, -0.25) is 4.98 Å². The average molecular weight is 287 g/mol. The van der Waals surface area contributed by atoms with E-state index in [1.807, 2.05) is 36.5 Å². The van der Waals surface area contributed by atoms with Crippen molar-refractivity contribution >= 4 is 11.0 Å². The predicted molar refractivity (Wildman–Crippen MR) is 86.5 cm³/mol. The molecule has 4 rings (SSSR count). The van der Waals surface area contributed by atoms with Crippen LogP contribution in [0.15, 0.2) is 77.7 Å². The second-order valence-electron chi connectivity index (χ2n) is 5.15. The number of phenolic OH excluding ortho intramolecular Hbond substituents is 1. The molecule has 0 unspecified atom stereocenters. The van der Waals surface area contributed by atoms with Crippen LogP contribution in [0.25, 0.3) is 33.2 Å². The highest BCUT2D eigenvalue weighted by Crippen LogP contribution is 2.33. The molecule has 2 aromatic heterocycles. The number of hydrogen-bond donors (Lipinski definition) is 1. The zero-order chi connectivity index (χ0) is 14.9. The monoisotopic (exact) mass is 287 g/mol. The van der Waals surface area contributed by atoms with Crippen LogP contribution in [0, 0.1) is 0 Å². The molecule has 106 valence electrons. The molecular formula is C19H13NO2. The van der Waals surface area contributed by atoms with Crippen molar-refractivity contribution in [3.8, 4) is 28.0 Å². The van der Waals surface area contributed by atoms with Crippen molar-refractivity contribution in [2.45, 2.75) is 0 Å². The van der Waals surface area contributed by atoms with Gasteiger partial charge in [-0.1, -0.05) is 24.3 Å². The van der Waals surface area contributed by atoms with Crippen LogP contribution in [0.1, 0.15) is 0 Å². The van der Waals surface area contributed by atoms with Crippen molar-refractivity contribution in [1.82, 2.24) is 4.98 Å². The number of rotatable bonds is 2. The number of phenols is 1. The minimum atomic E-state index is 0.265. The van der Waals surface area contributed by atoms with Crippen molar-refractivity contribution in [3.05, 3.63) is 73.3 Å². The molecule has 4 aromatic rings. The summed E-state index contributed by atoms with van der Waals surface area (Å²) in [6.45, 7) is 0. The van der Waals surface area contributed by atoms with Crippen molar-refractivity contribution in [1.29, 1.82) is 0 Å². The summed E-state index contributed by atoms with van der Waals surface area (Å²) < 4.78 is 5.71. The van der Waals surface area contributed by atoms with Crippen molar-refractivity contribution in [2.24, 2.45) is 0 Å². The molecule has 3 heteroatoms. The summed E-state index contributed by atoms with van der Waals surface area (Å²) in [6, 6.07) is 17.2. The second kappa shape index (κ2) is 5.04. The summed E-state index contributed by atoms with van der Waals surface area (Å²) in [6.07, 6.45) is 5.36. The van der Waals surface area contributed by atoms with Gasteiger partial charge in [0.1, 0.15) is 11.3 Å². The smallest absolute Gasteiger partial charge is 0.135 e. The Morgan fingerprint density at radius 2 is 1.68 bits per heavy atom. The van der Waals surface area contributed by atoms with Gasteiger partial charge in [0.15, 0.2) is 0 Å². The van der Waals surface area contributed by atoms with E-state index in [0.717, 1.165) is 33.2 Å². The third-order valence-electron chi connectivity index (χ3n) is 3.75. The lowest BCUT2D eigenvalue weighted by Crippen LogP contribution is -1.79. The fourth-order valence-electron chi connectivity index (χ4n) is 2.61. The van der Waals surface area contributed by atoms with E-state index in [0.29, 0.717) is 0 Å². The van der Waals surface area contributed by atoms with Gasteiger partial charge in [-0.05, 0) is 41.5 Å². The Morgan fingerprint density at radius 3 is 2.45 bits per heavy atom. The molecule has 0 aliphatic rings. The maximum atomic E-state index is 9.38. The van der Waals surface area contributed by atoms with Gasteiger partial charge in [0.05, 0.1) is 6.26 Å². The van der Waals surface area contributed by atoms with Crippen LogP contribution in [0.2, 0.25) is 0 Å². The Kier molecular flexibility index (Phi) is 2.90. The first-order chi connectivity index (χ1) is 10.8. The zero-order valence-corrected chi connectivity index (χ0v) is 11.7. The summed E-state index contributed by atoms with van der Waals surface area (Å²) >= 11 is 0. The molecule has 0 aliphatic heterocycles. The maximum Gasteiger partial charge on any atom is 0.135 e. The van der Waals surface area contributed by atoms with E-state index >= 15 is 0 Å². The Labute approximate surface area is 127 Å². The third kappa shape index (κ3) is 2.13. The van der Waals surface area contributed by atoms with E-state index in [1.54, 1.807) is 24.6 Å². The molecule has 0 radical (unpaired) electrons. The van der Waals surface area contributed by atoms with Crippen molar-refractivity contribution < 1.29 is 9.52 Å². The molecule has 0 amide bonds. The number of pyridine rings is 1. The van der Waals surface area contributed by atoms with E-state index in [9.17, 15) is 5.11 Å². The predicted octanol–water partition coefficient (Wildman–Crippen LogP) is 4.87. The summed E-state index contributed by atoms with van der Waals surface area (Å²) in [7, 11) is 0. The van der Waals surface area contributed by atoms with Crippen LogP contribution >= 0.6 is 0 Å².